The summed E-state index contributed by atoms with van der Waals surface area (Å²) in [5, 5.41) is -0.0542. The van der Waals surface area contributed by atoms with E-state index < -0.39 is 34.9 Å². The third kappa shape index (κ3) is 3.11. The van der Waals surface area contributed by atoms with Gasteiger partial charge in [-0.3, -0.25) is 0 Å². The van der Waals surface area contributed by atoms with Crippen LogP contribution in [0.25, 0.3) is 0 Å². The van der Waals surface area contributed by atoms with Crippen LogP contribution in [0.15, 0.2) is 30.3 Å². The summed E-state index contributed by atoms with van der Waals surface area (Å²) in [4.78, 5) is 0. The third-order valence-corrected chi connectivity index (χ3v) is 3.16. The zero-order chi connectivity index (χ0) is 14.9. The van der Waals surface area contributed by atoms with Gasteiger partial charge in [0, 0.05) is 23.7 Å². The van der Waals surface area contributed by atoms with Gasteiger partial charge in [-0.1, -0.05) is 17.7 Å². The Kier molecular flexibility index (Phi) is 4.30. The van der Waals surface area contributed by atoms with Crippen molar-refractivity contribution in [1.29, 1.82) is 0 Å². The van der Waals surface area contributed by atoms with Crippen LogP contribution in [0.2, 0.25) is 5.02 Å². The summed E-state index contributed by atoms with van der Waals surface area (Å²) in [6, 6.07) is 4.03. The van der Waals surface area contributed by atoms with Crippen molar-refractivity contribution in [2.75, 3.05) is 0 Å². The van der Waals surface area contributed by atoms with Gasteiger partial charge in [0.25, 0.3) is 0 Å². The molecule has 0 amide bonds. The molecule has 0 heterocycles. The first-order valence-corrected chi connectivity index (χ1v) is 6.10. The fourth-order valence-electron chi connectivity index (χ4n) is 1.93. The second-order valence-corrected chi connectivity index (χ2v) is 4.75. The van der Waals surface area contributed by atoms with E-state index >= 15 is 0 Å². The highest BCUT2D eigenvalue weighted by molar-refractivity contribution is 6.30. The summed E-state index contributed by atoms with van der Waals surface area (Å²) in [5.41, 5.74) is 5.71. The highest BCUT2D eigenvalue weighted by atomic mass is 35.5. The Labute approximate surface area is 118 Å². The van der Waals surface area contributed by atoms with Gasteiger partial charge in [-0.25, -0.2) is 17.6 Å². The molecule has 0 bridgehead atoms. The summed E-state index contributed by atoms with van der Waals surface area (Å²) in [6.45, 7) is 0. The van der Waals surface area contributed by atoms with E-state index in [9.17, 15) is 17.6 Å². The lowest BCUT2D eigenvalue weighted by Gasteiger charge is -2.14. The molecule has 0 aliphatic rings. The van der Waals surface area contributed by atoms with E-state index in [1.165, 1.54) is 12.1 Å². The lowest BCUT2D eigenvalue weighted by atomic mass is 9.98. The molecule has 0 saturated heterocycles. The molecule has 0 aromatic heterocycles. The zero-order valence-corrected chi connectivity index (χ0v) is 10.9. The molecule has 106 valence electrons. The molecular formula is C14H10ClF4N. The average molecular weight is 304 g/mol. The minimum atomic E-state index is -1.07. The Balaban J connectivity index is 2.28. The molecule has 0 saturated carbocycles. The van der Waals surface area contributed by atoms with Crippen LogP contribution in [0.3, 0.4) is 0 Å². The maximum Gasteiger partial charge on any atom is 0.142 e. The molecule has 0 aliphatic carbocycles. The highest BCUT2D eigenvalue weighted by Gasteiger charge is 2.19. The molecule has 1 atom stereocenters. The number of halogens is 5. The number of hydrogen-bond donors (Lipinski definition) is 1. The maximum atomic E-state index is 13.6. The zero-order valence-electron chi connectivity index (χ0n) is 10.1. The van der Waals surface area contributed by atoms with E-state index in [-0.39, 0.29) is 11.4 Å². The number of hydrogen-bond acceptors (Lipinski definition) is 1. The Bertz CT molecular complexity index is 622. The first kappa shape index (κ1) is 14.8. The Hall–Kier alpha value is -1.59. The van der Waals surface area contributed by atoms with Crippen molar-refractivity contribution in [1.82, 2.24) is 0 Å². The SMILES string of the molecule is NC(Cc1ccc(Cl)c(F)c1)c1c(F)cc(F)cc1F. The third-order valence-electron chi connectivity index (χ3n) is 2.85. The predicted octanol–water partition coefficient (Wildman–Crippen LogP) is 4.14. The van der Waals surface area contributed by atoms with E-state index in [2.05, 4.69) is 0 Å². The van der Waals surface area contributed by atoms with Crippen molar-refractivity contribution in [2.24, 2.45) is 5.73 Å². The van der Waals surface area contributed by atoms with E-state index in [0.717, 1.165) is 6.07 Å². The second-order valence-electron chi connectivity index (χ2n) is 4.34. The van der Waals surface area contributed by atoms with Crippen LogP contribution in [0.5, 0.6) is 0 Å². The van der Waals surface area contributed by atoms with Crippen LogP contribution < -0.4 is 5.73 Å². The molecule has 2 rings (SSSR count). The molecular weight excluding hydrogens is 294 g/mol. The van der Waals surface area contributed by atoms with Gasteiger partial charge in [-0.2, -0.15) is 0 Å². The normalized spacial score (nSPS) is 12.5. The number of nitrogens with two attached hydrogens (primary N) is 1. The van der Waals surface area contributed by atoms with E-state index in [0.29, 0.717) is 17.7 Å². The smallest absolute Gasteiger partial charge is 0.142 e. The van der Waals surface area contributed by atoms with Crippen molar-refractivity contribution in [3.05, 3.63) is 69.8 Å². The van der Waals surface area contributed by atoms with Gasteiger partial charge in [0.2, 0.25) is 0 Å². The summed E-state index contributed by atoms with van der Waals surface area (Å²) < 4.78 is 53.2. The average Bonchev–Trinajstić information content (AvgIpc) is 2.32. The van der Waals surface area contributed by atoms with Crippen LogP contribution >= 0.6 is 11.6 Å². The van der Waals surface area contributed by atoms with Gasteiger partial charge >= 0.3 is 0 Å². The van der Waals surface area contributed by atoms with Crippen molar-refractivity contribution in [2.45, 2.75) is 12.5 Å². The van der Waals surface area contributed by atoms with Crippen molar-refractivity contribution >= 4 is 11.6 Å². The Morgan fingerprint density at radius 1 is 0.950 bits per heavy atom. The topological polar surface area (TPSA) is 26.0 Å². The predicted molar refractivity (Wildman–Crippen MR) is 68.4 cm³/mol. The van der Waals surface area contributed by atoms with Crippen LogP contribution in [0, 0.1) is 23.3 Å². The minimum Gasteiger partial charge on any atom is -0.323 e. The van der Waals surface area contributed by atoms with Crippen molar-refractivity contribution in [3.8, 4) is 0 Å². The Morgan fingerprint density at radius 2 is 1.55 bits per heavy atom. The van der Waals surface area contributed by atoms with Crippen LogP contribution in [0.4, 0.5) is 17.6 Å². The summed E-state index contributed by atoms with van der Waals surface area (Å²) in [6.07, 6.45) is -0.00639. The maximum absolute atomic E-state index is 13.6. The molecule has 2 N–H and O–H groups in total. The second kappa shape index (κ2) is 5.81. The first-order chi connectivity index (χ1) is 9.38. The van der Waals surface area contributed by atoms with Gasteiger partial charge in [-0.15, -0.1) is 0 Å². The van der Waals surface area contributed by atoms with Gasteiger partial charge in [0.05, 0.1) is 5.02 Å². The molecule has 0 radical (unpaired) electrons. The molecule has 0 fully saturated rings. The van der Waals surface area contributed by atoms with Crippen molar-refractivity contribution < 1.29 is 17.6 Å². The van der Waals surface area contributed by atoms with Gasteiger partial charge in [0.15, 0.2) is 0 Å². The van der Waals surface area contributed by atoms with E-state index in [1.807, 2.05) is 0 Å². The molecule has 20 heavy (non-hydrogen) atoms. The molecule has 1 unspecified atom stereocenters. The van der Waals surface area contributed by atoms with E-state index in [4.69, 9.17) is 17.3 Å². The minimum absolute atomic E-state index is 0.00639. The Morgan fingerprint density at radius 3 is 2.10 bits per heavy atom. The molecule has 0 aliphatic heterocycles. The van der Waals surface area contributed by atoms with Gasteiger partial charge in [-0.05, 0) is 24.1 Å². The molecule has 1 nitrogen and oxygen atoms in total. The van der Waals surface area contributed by atoms with Gasteiger partial charge < -0.3 is 5.73 Å². The molecule has 6 heteroatoms. The van der Waals surface area contributed by atoms with Gasteiger partial charge in [0.1, 0.15) is 23.3 Å². The summed E-state index contributed by atoms with van der Waals surface area (Å²) in [5.74, 6) is -3.79. The van der Waals surface area contributed by atoms with Crippen LogP contribution in [-0.2, 0) is 6.42 Å². The van der Waals surface area contributed by atoms with Crippen LogP contribution in [-0.4, -0.2) is 0 Å². The fraction of sp³-hybridized carbons (Fsp3) is 0.143. The summed E-state index contributed by atoms with van der Waals surface area (Å²) >= 11 is 5.53. The number of rotatable bonds is 3. The highest BCUT2D eigenvalue weighted by Crippen LogP contribution is 2.25. The monoisotopic (exact) mass is 303 g/mol. The summed E-state index contributed by atoms with van der Waals surface area (Å²) in [7, 11) is 0. The quantitative estimate of drug-likeness (QED) is 0.847. The van der Waals surface area contributed by atoms with Crippen LogP contribution in [0.1, 0.15) is 17.2 Å². The van der Waals surface area contributed by atoms with Crippen molar-refractivity contribution in [3.63, 3.8) is 0 Å². The van der Waals surface area contributed by atoms with E-state index in [1.54, 1.807) is 0 Å². The standard InChI is InChI=1S/C14H10ClF4N/c15-9-2-1-7(3-10(9)17)4-13(20)14-11(18)5-8(16)6-12(14)19/h1-3,5-6,13H,4,20H2. The molecule has 0 spiro atoms. The fourth-order valence-corrected chi connectivity index (χ4v) is 2.05. The largest absolute Gasteiger partial charge is 0.323 e. The molecule has 2 aromatic carbocycles. The first-order valence-electron chi connectivity index (χ1n) is 5.72. The molecule has 2 aromatic rings. The lowest BCUT2D eigenvalue weighted by molar-refractivity contribution is 0.501. The number of benzene rings is 2. The lowest BCUT2D eigenvalue weighted by Crippen LogP contribution is -2.17.